The number of hydrogen-bond donors (Lipinski definition) is 4. The van der Waals surface area contributed by atoms with Crippen molar-refractivity contribution in [2.75, 3.05) is 0 Å². The Balaban J connectivity index is 2.25. The molecule has 1 saturated carbocycles. The van der Waals surface area contributed by atoms with Crippen LogP contribution in [0.4, 0.5) is 0 Å². The number of rotatable bonds is 4. The zero-order chi connectivity index (χ0) is 30.9. The van der Waals surface area contributed by atoms with Crippen LogP contribution in [0, 0.1) is 17.3 Å². The monoisotopic (exact) mass is 574 g/mol. The molecule has 0 amide bonds. The molecule has 226 valence electrons. The zero-order valence-corrected chi connectivity index (χ0v) is 24.6. The van der Waals surface area contributed by atoms with Crippen LogP contribution in [0.3, 0.4) is 0 Å². The van der Waals surface area contributed by atoms with Crippen LogP contribution < -0.4 is 0 Å². The second-order valence-electron chi connectivity index (χ2n) is 12.1. The molecule has 0 heterocycles. The third-order valence-corrected chi connectivity index (χ3v) is 8.30. The first-order valence-electron chi connectivity index (χ1n) is 13.7. The maximum absolute atomic E-state index is 13.1. The fraction of sp³-hybridized carbons (Fsp3) is 0.581. The molecule has 0 saturated heterocycles. The smallest absolute Gasteiger partial charge is 0.338 e. The van der Waals surface area contributed by atoms with Crippen LogP contribution in [0.25, 0.3) is 0 Å². The number of esters is 3. The highest BCUT2D eigenvalue weighted by Gasteiger charge is 2.68. The van der Waals surface area contributed by atoms with E-state index in [0.29, 0.717) is 5.57 Å². The van der Waals surface area contributed by atoms with E-state index in [-0.39, 0.29) is 12.0 Å². The highest BCUT2D eigenvalue weighted by atomic mass is 16.6. The number of aliphatic hydroxyl groups is 4. The Labute approximate surface area is 240 Å². The molecule has 0 aromatic heterocycles. The Morgan fingerprint density at radius 3 is 2.10 bits per heavy atom. The molecular formula is C31H42O10. The van der Waals surface area contributed by atoms with Crippen molar-refractivity contribution < 1.29 is 49.0 Å². The SMILES string of the molecule is CC(=O)O[C@H]1C[C@@H](O)/C(C)=C\[C@H]2[C@@H](OC(=O)c3ccccc3)[C@@H](C)[C@H](O)[C@]2(OC(C)=O)C(O)[C@@](C)(O)/C=C/C1(C)C. The second kappa shape index (κ2) is 12.1. The molecule has 0 spiro atoms. The van der Waals surface area contributed by atoms with E-state index in [2.05, 4.69) is 0 Å². The molecule has 41 heavy (non-hydrogen) atoms. The molecule has 10 heteroatoms. The lowest BCUT2D eigenvalue weighted by Crippen LogP contribution is -2.64. The van der Waals surface area contributed by atoms with Crippen molar-refractivity contribution in [2.24, 2.45) is 17.3 Å². The largest absolute Gasteiger partial charge is 0.462 e. The minimum atomic E-state index is -2.18. The normalized spacial score (nSPS) is 39.1. The highest BCUT2D eigenvalue weighted by Crippen LogP contribution is 2.51. The maximum atomic E-state index is 13.1. The molecule has 2 aliphatic carbocycles. The summed E-state index contributed by atoms with van der Waals surface area (Å²) in [4.78, 5) is 37.6. The molecule has 4 N–H and O–H groups in total. The molecule has 1 aromatic carbocycles. The summed E-state index contributed by atoms with van der Waals surface area (Å²) >= 11 is 0. The van der Waals surface area contributed by atoms with Crippen LogP contribution in [-0.4, -0.2) is 80.1 Å². The number of carbonyl (C=O) groups is 3. The highest BCUT2D eigenvalue weighted by molar-refractivity contribution is 5.89. The standard InChI is InChI=1S/C31H42O10/c1-17-15-22-25(40-27(36)21-11-9-8-10-12-21)18(2)26(35)31(22,41-20(4)33)28(37)30(7,38)14-13-29(5,6)24(16-23(17)34)39-19(3)32/h8-15,18,22-26,28,34-35,37-38H,16H2,1-7H3/b14-13+,17-15-/t18-,22+,23-,24+,25+,26+,28?,30+,31+/m1/s1. The van der Waals surface area contributed by atoms with Gasteiger partial charge in [0, 0.05) is 31.6 Å². The van der Waals surface area contributed by atoms with Crippen molar-refractivity contribution in [3.63, 3.8) is 0 Å². The zero-order valence-electron chi connectivity index (χ0n) is 24.6. The Morgan fingerprint density at radius 1 is 0.927 bits per heavy atom. The van der Waals surface area contributed by atoms with Crippen LogP contribution in [0.5, 0.6) is 0 Å². The summed E-state index contributed by atoms with van der Waals surface area (Å²) in [6.07, 6.45) is -2.34. The average Bonchev–Trinajstić information content (AvgIpc) is 3.07. The summed E-state index contributed by atoms with van der Waals surface area (Å²) in [6, 6.07) is 8.19. The minimum Gasteiger partial charge on any atom is -0.462 e. The van der Waals surface area contributed by atoms with E-state index in [0.717, 1.165) is 6.92 Å². The number of fused-ring (bicyclic) bond motifs is 1. The summed E-state index contributed by atoms with van der Waals surface area (Å²) in [5, 5.41) is 46.3. The predicted octanol–water partition coefficient (Wildman–Crippen LogP) is 2.48. The lowest BCUT2D eigenvalue weighted by molar-refractivity contribution is -0.222. The minimum absolute atomic E-state index is 0.0240. The van der Waals surface area contributed by atoms with Crippen LogP contribution in [0.2, 0.25) is 0 Å². The van der Waals surface area contributed by atoms with Crippen LogP contribution in [0.1, 0.15) is 65.2 Å². The fourth-order valence-corrected chi connectivity index (χ4v) is 5.85. The Kier molecular flexibility index (Phi) is 9.54. The van der Waals surface area contributed by atoms with E-state index in [9.17, 15) is 34.8 Å². The number of ether oxygens (including phenoxy) is 3. The van der Waals surface area contributed by atoms with E-state index in [4.69, 9.17) is 14.2 Å². The van der Waals surface area contributed by atoms with E-state index in [1.54, 1.807) is 64.1 Å². The first-order valence-corrected chi connectivity index (χ1v) is 13.7. The molecule has 1 fully saturated rings. The van der Waals surface area contributed by atoms with Gasteiger partial charge in [-0.05, 0) is 31.6 Å². The van der Waals surface area contributed by atoms with Gasteiger partial charge in [0.1, 0.15) is 30.0 Å². The molecule has 3 rings (SSSR count). The summed E-state index contributed by atoms with van der Waals surface area (Å²) in [5.74, 6) is -4.18. The molecule has 1 unspecified atom stereocenters. The van der Waals surface area contributed by atoms with E-state index in [1.807, 2.05) is 0 Å². The van der Waals surface area contributed by atoms with E-state index in [1.165, 1.54) is 26.0 Å². The molecule has 0 bridgehead atoms. The van der Waals surface area contributed by atoms with Gasteiger partial charge < -0.3 is 34.6 Å². The van der Waals surface area contributed by atoms with Gasteiger partial charge in [-0.25, -0.2) is 4.79 Å². The van der Waals surface area contributed by atoms with E-state index >= 15 is 0 Å². The Morgan fingerprint density at radius 2 is 1.54 bits per heavy atom. The van der Waals surface area contributed by atoms with Gasteiger partial charge in [0.15, 0.2) is 5.60 Å². The summed E-state index contributed by atoms with van der Waals surface area (Å²) in [5.41, 5.74) is -4.61. The molecule has 0 radical (unpaired) electrons. The molecular weight excluding hydrogens is 532 g/mol. The predicted molar refractivity (Wildman–Crippen MR) is 148 cm³/mol. The van der Waals surface area contributed by atoms with Crippen molar-refractivity contribution >= 4 is 17.9 Å². The van der Waals surface area contributed by atoms with E-state index < -0.39 is 76.9 Å². The third kappa shape index (κ3) is 6.56. The number of carbonyl (C=O) groups excluding carboxylic acids is 3. The summed E-state index contributed by atoms with van der Waals surface area (Å²) < 4.78 is 17.2. The quantitative estimate of drug-likeness (QED) is 0.239. The number of hydrogen-bond acceptors (Lipinski definition) is 10. The number of benzene rings is 1. The van der Waals surface area contributed by atoms with Gasteiger partial charge in [-0.3, -0.25) is 9.59 Å². The van der Waals surface area contributed by atoms with Crippen LogP contribution >= 0.6 is 0 Å². The fourth-order valence-electron chi connectivity index (χ4n) is 5.85. The molecule has 9 atom stereocenters. The lowest BCUT2D eigenvalue weighted by Gasteiger charge is -2.46. The van der Waals surface area contributed by atoms with Crippen molar-refractivity contribution in [1.82, 2.24) is 0 Å². The first-order chi connectivity index (χ1) is 18.9. The second-order valence-corrected chi connectivity index (χ2v) is 12.1. The maximum Gasteiger partial charge on any atom is 0.338 e. The van der Waals surface area contributed by atoms with Crippen LogP contribution in [0.15, 0.2) is 54.1 Å². The lowest BCUT2D eigenvalue weighted by atomic mass is 9.73. The average molecular weight is 575 g/mol. The number of aliphatic hydroxyl groups excluding tert-OH is 3. The van der Waals surface area contributed by atoms with Crippen molar-refractivity contribution in [2.45, 2.75) is 96.6 Å². The van der Waals surface area contributed by atoms with Gasteiger partial charge in [0.2, 0.25) is 0 Å². The van der Waals surface area contributed by atoms with Crippen molar-refractivity contribution in [1.29, 1.82) is 0 Å². The van der Waals surface area contributed by atoms with Gasteiger partial charge in [-0.2, -0.15) is 0 Å². The first kappa shape index (κ1) is 32.5. The van der Waals surface area contributed by atoms with Crippen molar-refractivity contribution in [3.05, 3.63) is 59.7 Å². The molecule has 2 aliphatic rings. The Hall–Kier alpha value is -3.05. The summed E-state index contributed by atoms with van der Waals surface area (Å²) in [7, 11) is 0. The van der Waals surface area contributed by atoms with Crippen LogP contribution in [-0.2, 0) is 23.8 Å². The Bertz CT molecular complexity index is 1190. The molecule has 1 aromatic rings. The van der Waals surface area contributed by atoms with Crippen molar-refractivity contribution in [3.8, 4) is 0 Å². The van der Waals surface area contributed by atoms with Gasteiger partial charge in [-0.1, -0.05) is 57.2 Å². The molecule has 0 aliphatic heterocycles. The van der Waals surface area contributed by atoms with Gasteiger partial charge in [0.05, 0.1) is 17.6 Å². The van der Waals surface area contributed by atoms with Gasteiger partial charge >= 0.3 is 17.9 Å². The molecule has 10 nitrogen and oxygen atoms in total. The van der Waals surface area contributed by atoms with Gasteiger partial charge in [0.25, 0.3) is 0 Å². The topological polar surface area (TPSA) is 160 Å². The van der Waals surface area contributed by atoms with Gasteiger partial charge in [-0.15, -0.1) is 0 Å². The third-order valence-electron chi connectivity index (χ3n) is 8.30. The summed E-state index contributed by atoms with van der Waals surface area (Å²) in [6.45, 7) is 10.3.